The lowest BCUT2D eigenvalue weighted by molar-refractivity contribution is 0.0532. The van der Waals surface area contributed by atoms with Gasteiger partial charge in [-0.25, -0.2) is 9.97 Å². The van der Waals surface area contributed by atoms with Crippen LogP contribution in [0.25, 0.3) is 0 Å². The molecule has 1 aromatic heterocycles. The molecular weight excluding hydrogens is 278 g/mol. The van der Waals surface area contributed by atoms with Crippen molar-refractivity contribution in [3.63, 3.8) is 0 Å². The largest absolute Gasteiger partial charge is 0.375 e. The maximum absolute atomic E-state index is 9.02. The average molecular weight is 295 g/mol. The van der Waals surface area contributed by atoms with Crippen LogP contribution in [0, 0.1) is 11.3 Å². The molecule has 3 rings (SSSR count). The Kier molecular flexibility index (Phi) is 4.17. The van der Waals surface area contributed by atoms with Crippen molar-refractivity contribution in [1.82, 2.24) is 9.97 Å². The molecule has 1 aromatic carbocycles. The average Bonchev–Trinajstić information content (AvgIpc) is 2.56. The van der Waals surface area contributed by atoms with Gasteiger partial charge in [0.1, 0.15) is 6.07 Å². The lowest BCUT2D eigenvalue weighted by Gasteiger charge is -2.33. The number of hydrogen-bond acceptors (Lipinski definition) is 6. The van der Waals surface area contributed by atoms with Crippen molar-refractivity contribution in [2.75, 3.05) is 29.9 Å². The van der Waals surface area contributed by atoms with E-state index in [1.54, 1.807) is 6.20 Å². The molecule has 0 spiro atoms. The first-order valence-corrected chi connectivity index (χ1v) is 7.21. The van der Waals surface area contributed by atoms with Gasteiger partial charge in [-0.1, -0.05) is 0 Å². The van der Waals surface area contributed by atoms with Crippen LogP contribution < -0.4 is 10.2 Å². The number of ether oxygens (including phenoxy) is 1. The lowest BCUT2D eigenvalue weighted by atomic mass is 10.2. The van der Waals surface area contributed by atoms with Crippen LogP contribution in [0.5, 0.6) is 0 Å². The molecular formula is C16H17N5O. The Labute approximate surface area is 129 Å². The van der Waals surface area contributed by atoms with E-state index >= 15 is 0 Å². The van der Waals surface area contributed by atoms with Crippen molar-refractivity contribution in [2.45, 2.75) is 13.0 Å². The number of nitriles is 1. The summed E-state index contributed by atoms with van der Waals surface area (Å²) in [5.74, 6) is 0.470. The van der Waals surface area contributed by atoms with E-state index < -0.39 is 0 Å². The van der Waals surface area contributed by atoms with E-state index in [4.69, 9.17) is 10.00 Å². The fourth-order valence-corrected chi connectivity index (χ4v) is 2.46. The molecule has 0 aliphatic carbocycles. The minimum atomic E-state index is 0.254. The van der Waals surface area contributed by atoms with Crippen molar-refractivity contribution < 1.29 is 4.74 Å². The molecule has 6 nitrogen and oxygen atoms in total. The molecule has 22 heavy (non-hydrogen) atoms. The van der Waals surface area contributed by atoms with Gasteiger partial charge in [-0.15, -0.1) is 0 Å². The standard InChI is InChI=1S/C16H17N5O/c1-12-11-21(8-9-22-12)14-4-2-13(3-5-14)20-16-15(10-17)18-6-7-19-16/h2-7,12H,8-9,11H2,1H3,(H,19,20)/t12-/m1/s1. The molecule has 2 heterocycles. The lowest BCUT2D eigenvalue weighted by Crippen LogP contribution is -2.41. The quantitative estimate of drug-likeness (QED) is 0.936. The molecule has 6 heteroatoms. The smallest absolute Gasteiger partial charge is 0.183 e. The molecule has 2 aromatic rings. The van der Waals surface area contributed by atoms with Crippen LogP contribution in [-0.2, 0) is 4.74 Å². The Balaban J connectivity index is 1.73. The Bertz CT molecular complexity index is 680. The van der Waals surface area contributed by atoms with Crippen LogP contribution in [0.3, 0.4) is 0 Å². The van der Waals surface area contributed by atoms with Crippen molar-refractivity contribution in [2.24, 2.45) is 0 Å². The fraction of sp³-hybridized carbons (Fsp3) is 0.312. The van der Waals surface area contributed by atoms with Gasteiger partial charge >= 0.3 is 0 Å². The van der Waals surface area contributed by atoms with Gasteiger partial charge in [0.05, 0.1) is 12.7 Å². The fourth-order valence-electron chi connectivity index (χ4n) is 2.46. The summed E-state index contributed by atoms with van der Waals surface area (Å²) in [6.45, 7) is 4.64. The highest BCUT2D eigenvalue weighted by atomic mass is 16.5. The molecule has 0 saturated carbocycles. The number of morpholine rings is 1. The Hall–Kier alpha value is -2.65. The van der Waals surface area contributed by atoms with E-state index in [0.29, 0.717) is 5.82 Å². The van der Waals surface area contributed by atoms with E-state index in [2.05, 4.69) is 39.2 Å². The van der Waals surface area contributed by atoms with Gasteiger partial charge in [-0.05, 0) is 31.2 Å². The van der Waals surface area contributed by atoms with Crippen molar-refractivity contribution in [3.8, 4) is 6.07 Å². The highest BCUT2D eigenvalue weighted by Crippen LogP contribution is 2.22. The zero-order valence-corrected chi connectivity index (χ0v) is 12.4. The summed E-state index contributed by atoms with van der Waals surface area (Å²) in [7, 11) is 0. The van der Waals surface area contributed by atoms with Gasteiger partial charge in [-0.3, -0.25) is 0 Å². The second kappa shape index (κ2) is 6.41. The summed E-state index contributed by atoms with van der Waals surface area (Å²) < 4.78 is 5.56. The number of nitrogens with zero attached hydrogens (tertiary/aromatic N) is 4. The van der Waals surface area contributed by atoms with Gasteiger partial charge in [0.25, 0.3) is 0 Å². The minimum Gasteiger partial charge on any atom is -0.375 e. The summed E-state index contributed by atoms with van der Waals surface area (Å²) >= 11 is 0. The molecule has 1 aliphatic heterocycles. The highest BCUT2D eigenvalue weighted by Gasteiger charge is 2.16. The molecule has 1 atom stereocenters. The Morgan fingerprint density at radius 2 is 2.05 bits per heavy atom. The van der Waals surface area contributed by atoms with E-state index in [1.165, 1.54) is 11.9 Å². The zero-order chi connectivity index (χ0) is 15.4. The van der Waals surface area contributed by atoms with Gasteiger partial charge in [0, 0.05) is 36.9 Å². The van der Waals surface area contributed by atoms with Crippen LogP contribution in [-0.4, -0.2) is 35.8 Å². The first-order chi connectivity index (χ1) is 10.8. The van der Waals surface area contributed by atoms with Crippen molar-refractivity contribution in [1.29, 1.82) is 5.26 Å². The third-order valence-electron chi connectivity index (χ3n) is 3.54. The minimum absolute atomic E-state index is 0.254. The number of benzene rings is 1. The number of rotatable bonds is 3. The Morgan fingerprint density at radius 1 is 1.27 bits per heavy atom. The van der Waals surface area contributed by atoms with Gasteiger partial charge in [-0.2, -0.15) is 5.26 Å². The van der Waals surface area contributed by atoms with Gasteiger partial charge < -0.3 is 15.0 Å². The Morgan fingerprint density at radius 3 is 2.77 bits per heavy atom. The van der Waals surface area contributed by atoms with Crippen LogP contribution in [0.4, 0.5) is 17.2 Å². The predicted octanol–water partition coefficient (Wildman–Crippen LogP) is 2.32. The normalized spacial score (nSPS) is 17.8. The molecule has 0 bridgehead atoms. The summed E-state index contributed by atoms with van der Waals surface area (Å²) in [5, 5.41) is 12.1. The molecule has 1 N–H and O–H groups in total. The second-order valence-electron chi connectivity index (χ2n) is 5.16. The summed E-state index contributed by atoms with van der Waals surface area (Å²) in [6.07, 6.45) is 3.32. The predicted molar refractivity (Wildman–Crippen MR) is 84.1 cm³/mol. The molecule has 0 radical (unpaired) electrons. The number of anilines is 3. The molecule has 0 unspecified atom stereocenters. The van der Waals surface area contributed by atoms with Crippen LogP contribution >= 0.6 is 0 Å². The second-order valence-corrected chi connectivity index (χ2v) is 5.16. The molecule has 1 fully saturated rings. The first-order valence-electron chi connectivity index (χ1n) is 7.21. The number of nitrogens with one attached hydrogen (secondary N) is 1. The molecule has 1 saturated heterocycles. The number of hydrogen-bond donors (Lipinski definition) is 1. The molecule has 112 valence electrons. The third-order valence-corrected chi connectivity index (χ3v) is 3.54. The van der Waals surface area contributed by atoms with Crippen LogP contribution in [0.1, 0.15) is 12.6 Å². The maximum Gasteiger partial charge on any atom is 0.183 e. The van der Waals surface area contributed by atoms with Crippen molar-refractivity contribution >= 4 is 17.2 Å². The summed E-state index contributed by atoms with van der Waals surface area (Å²) in [5.41, 5.74) is 2.33. The number of aromatic nitrogens is 2. The van der Waals surface area contributed by atoms with E-state index in [-0.39, 0.29) is 11.8 Å². The summed E-state index contributed by atoms with van der Waals surface area (Å²) in [6, 6.07) is 10.1. The summed E-state index contributed by atoms with van der Waals surface area (Å²) in [4.78, 5) is 10.4. The topological polar surface area (TPSA) is 74.1 Å². The van der Waals surface area contributed by atoms with Crippen LogP contribution in [0.15, 0.2) is 36.7 Å². The zero-order valence-electron chi connectivity index (χ0n) is 12.4. The van der Waals surface area contributed by atoms with E-state index in [0.717, 1.165) is 25.4 Å². The van der Waals surface area contributed by atoms with Gasteiger partial charge in [0.2, 0.25) is 0 Å². The maximum atomic E-state index is 9.02. The van der Waals surface area contributed by atoms with E-state index in [9.17, 15) is 0 Å². The highest BCUT2D eigenvalue weighted by molar-refractivity contribution is 5.63. The first kappa shape index (κ1) is 14.3. The molecule has 0 amide bonds. The van der Waals surface area contributed by atoms with Crippen molar-refractivity contribution in [3.05, 3.63) is 42.4 Å². The van der Waals surface area contributed by atoms with Gasteiger partial charge in [0.15, 0.2) is 11.5 Å². The molecule has 1 aliphatic rings. The van der Waals surface area contributed by atoms with E-state index in [1.807, 2.05) is 18.2 Å². The monoisotopic (exact) mass is 295 g/mol. The SMILES string of the molecule is C[C@@H]1CN(c2ccc(Nc3nccnc3C#N)cc2)CCO1. The third kappa shape index (κ3) is 3.15. The van der Waals surface area contributed by atoms with Crippen LogP contribution in [0.2, 0.25) is 0 Å².